The molecule has 0 spiro atoms. The zero-order chi connectivity index (χ0) is 9.68. The number of hydrogen-bond donors (Lipinski definition) is 1. The molecule has 0 bridgehead atoms. The third-order valence-corrected chi connectivity index (χ3v) is 4.67. The van der Waals surface area contributed by atoms with Crippen molar-refractivity contribution >= 4 is 46.5 Å². The fraction of sp³-hybridized carbons (Fsp3) is 0.667. The van der Waals surface area contributed by atoms with E-state index in [1.807, 2.05) is 6.26 Å². The first-order valence-electron chi connectivity index (χ1n) is 3.50. The van der Waals surface area contributed by atoms with Crippen molar-refractivity contribution in [3.8, 4) is 0 Å². The standard InChI is InChI=1S/C6H9ClN2OS3/c1-11-5-8-9-6(13-5)12-3-4(10)2-7/h4,10H,2-3H2,1H3. The van der Waals surface area contributed by atoms with E-state index in [9.17, 15) is 5.11 Å². The van der Waals surface area contributed by atoms with Crippen LogP contribution in [0.4, 0.5) is 0 Å². The van der Waals surface area contributed by atoms with Gasteiger partial charge in [0.15, 0.2) is 8.68 Å². The molecule has 13 heavy (non-hydrogen) atoms. The van der Waals surface area contributed by atoms with Crippen LogP contribution in [0.15, 0.2) is 8.68 Å². The van der Waals surface area contributed by atoms with Gasteiger partial charge in [0.1, 0.15) is 0 Å². The monoisotopic (exact) mass is 256 g/mol. The molecular formula is C6H9ClN2OS3. The van der Waals surface area contributed by atoms with E-state index in [0.717, 1.165) is 8.68 Å². The first-order chi connectivity index (χ1) is 6.26. The Kier molecular flexibility index (Phi) is 5.42. The molecule has 0 aliphatic carbocycles. The molecule has 1 heterocycles. The van der Waals surface area contributed by atoms with E-state index in [0.29, 0.717) is 5.75 Å². The molecule has 1 unspecified atom stereocenters. The molecule has 0 aromatic carbocycles. The van der Waals surface area contributed by atoms with Crippen LogP contribution in [0.1, 0.15) is 0 Å². The first-order valence-corrected chi connectivity index (χ1v) is 7.06. The van der Waals surface area contributed by atoms with Gasteiger partial charge in [0.2, 0.25) is 0 Å². The largest absolute Gasteiger partial charge is 0.391 e. The van der Waals surface area contributed by atoms with Crippen LogP contribution in [0.2, 0.25) is 0 Å². The summed E-state index contributed by atoms with van der Waals surface area (Å²) in [5.41, 5.74) is 0. The Morgan fingerprint density at radius 2 is 2.23 bits per heavy atom. The molecule has 0 aliphatic heterocycles. The Morgan fingerprint density at radius 3 is 2.77 bits per heavy atom. The van der Waals surface area contributed by atoms with Crippen molar-refractivity contribution in [2.24, 2.45) is 0 Å². The molecule has 0 fully saturated rings. The summed E-state index contributed by atoms with van der Waals surface area (Å²) in [7, 11) is 0. The van der Waals surface area contributed by atoms with Gasteiger partial charge in [-0.25, -0.2) is 0 Å². The number of rotatable bonds is 5. The highest BCUT2D eigenvalue weighted by atomic mass is 35.5. The second-order valence-electron chi connectivity index (χ2n) is 2.16. The van der Waals surface area contributed by atoms with Gasteiger partial charge in [-0.3, -0.25) is 0 Å². The molecule has 1 aromatic rings. The third-order valence-electron chi connectivity index (χ3n) is 1.14. The average Bonchev–Trinajstić information content (AvgIpc) is 2.61. The lowest BCUT2D eigenvalue weighted by molar-refractivity contribution is 0.223. The van der Waals surface area contributed by atoms with Crippen LogP contribution in [0.25, 0.3) is 0 Å². The average molecular weight is 257 g/mol. The maximum atomic E-state index is 9.18. The van der Waals surface area contributed by atoms with Gasteiger partial charge < -0.3 is 5.11 Å². The highest BCUT2D eigenvalue weighted by Gasteiger charge is 2.07. The molecule has 0 aliphatic rings. The van der Waals surface area contributed by atoms with Gasteiger partial charge in [0.25, 0.3) is 0 Å². The molecule has 7 heteroatoms. The number of nitrogens with zero attached hydrogens (tertiary/aromatic N) is 2. The smallest absolute Gasteiger partial charge is 0.175 e. The predicted molar refractivity (Wildman–Crippen MR) is 59.1 cm³/mol. The fourth-order valence-corrected chi connectivity index (χ4v) is 3.18. The fourth-order valence-electron chi connectivity index (χ4n) is 0.550. The molecule has 1 N–H and O–H groups in total. The minimum absolute atomic E-state index is 0.265. The number of hydrogen-bond acceptors (Lipinski definition) is 6. The number of aliphatic hydroxyl groups excluding tert-OH is 1. The summed E-state index contributed by atoms with van der Waals surface area (Å²) in [6.07, 6.45) is 1.50. The Bertz CT molecular complexity index is 258. The van der Waals surface area contributed by atoms with Gasteiger partial charge in [-0.15, -0.1) is 21.8 Å². The molecule has 1 atom stereocenters. The van der Waals surface area contributed by atoms with Gasteiger partial charge in [-0.05, 0) is 6.26 Å². The number of aliphatic hydroxyl groups is 1. The third kappa shape index (κ3) is 4.03. The van der Waals surface area contributed by atoms with Crippen LogP contribution >= 0.6 is 46.5 Å². The quantitative estimate of drug-likeness (QED) is 0.645. The second-order valence-corrected chi connectivity index (χ2v) is 5.76. The molecule has 0 amide bonds. The van der Waals surface area contributed by atoms with Crippen molar-refractivity contribution in [3.05, 3.63) is 0 Å². The number of halogens is 1. The van der Waals surface area contributed by atoms with Crippen LogP contribution < -0.4 is 0 Å². The van der Waals surface area contributed by atoms with Crippen molar-refractivity contribution < 1.29 is 5.11 Å². The number of thioether (sulfide) groups is 2. The van der Waals surface area contributed by atoms with Crippen molar-refractivity contribution in [1.29, 1.82) is 0 Å². The Labute approximate surface area is 94.3 Å². The minimum Gasteiger partial charge on any atom is -0.391 e. The topological polar surface area (TPSA) is 46.0 Å². The maximum absolute atomic E-state index is 9.18. The van der Waals surface area contributed by atoms with E-state index in [1.165, 1.54) is 23.1 Å². The molecule has 3 nitrogen and oxygen atoms in total. The lowest BCUT2D eigenvalue weighted by Gasteiger charge is -2.01. The van der Waals surface area contributed by atoms with Gasteiger partial charge in [0.05, 0.1) is 6.10 Å². The summed E-state index contributed by atoms with van der Waals surface area (Å²) < 4.78 is 1.83. The molecule has 1 rings (SSSR count). The molecule has 0 saturated heterocycles. The van der Waals surface area contributed by atoms with Crippen LogP contribution in [-0.2, 0) is 0 Å². The van der Waals surface area contributed by atoms with Crippen molar-refractivity contribution in [2.45, 2.75) is 14.8 Å². The van der Waals surface area contributed by atoms with E-state index in [2.05, 4.69) is 10.2 Å². The highest BCUT2D eigenvalue weighted by molar-refractivity contribution is 8.03. The molecule has 0 saturated carbocycles. The summed E-state index contributed by atoms with van der Waals surface area (Å²) in [6.45, 7) is 0. The highest BCUT2D eigenvalue weighted by Crippen LogP contribution is 2.27. The SMILES string of the molecule is CSc1nnc(SCC(O)CCl)s1. The van der Waals surface area contributed by atoms with Crippen LogP contribution in [0, 0.1) is 0 Å². The Balaban J connectivity index is 2.36. The van der Waals surface area contributed by atoms with Crippen molar-refractivity contribution in [3.63, 3.8) is 0 Å². The predicted octanol–water partition coefficient (Wildman–Crippen LogP) is 1.95. The summed E-state index contributed by atoms with van der Waals surface area (Å²) in [5.74, 6) is 0.841. The molecule has 1 aromatic heterocycles. The molecule has 0 radical (unpaired) electrons. The first kappa shape index (κ1) is 11.6. The van der Waals surface area contributed by atoms with Crippen LogP contribution in [-0.4, -0.2) is 39.3 Å². The normalized spacial score (nSPS) is 13.2. The summed E-state index contributed by atoms with van der Waals surface area (Å²) in [6, 6.07) is 0. The van der Waals surface area contributed by atoms with Gasteiger partial charge in [0, 0.05) is 11.6 Å². The van der Waals surface area contributed by atoms with Crippen LogP contribution in [0.3, 0.4) is 0 Å². The number of alkyl halides is 1. The number of aromatic nitrogens is 2. The van der Waals surface area contributed by atoms with E-state index in [1.54, 1.807) is 11.8 Å². The summed E-state index contributed by atoms with van der Waals surface area (Å²) in [5, 5.41) is 17.1. The molecule has 74 valence electrons. The zero-order valence-corrected chi connectivity index (χ0v) is 10.1. The summed E-state index contributed by atoms with van der Waals surface area (Å²) >= 11 is 10.0. The lowest BCUT2D eigenvalue weighted by Crippen LogP contribution is -2.10. The van der Waals surface area contributed by atoms with Gasteiger partial charge in [-0.2, -0.15) is 0 Å². The lowest BCUT2D eigenvalue weighted by atomic mass is 10.5. The Hall–Kier alpha value is 0.510. The maximum Gasteiger partial charge on any atom is 0.175 e. The Morgan fingerprint density at radius 1 is 1.54 bits per heavy atom. The second kappa shape index (κ2) is 6.08. The minimum atomic E-state index is -0.465. The van der Waals surface area contributed by atoms with Crippen LogP contribution in [0.5, 0.6) is 0 Å². The van der Waals surface area contributed by atoms with Crippen molar-refractivity contribution in [1.82, 2.24) is 10.2 Å². The van der Waals surface area contributed by atoms with Gasteiger partial charge >= 0.3 is 0 Å². The summed E-state index contributed by atoms with van der Waals surface area (Å²) in [4.78, 5) is 0. The van der Waals surface area contributed by atoms with E-state index < -0.39 is 6.10 Å². The van der Waals surface area contributed by atoms with E-state index in [4.69, 9.17) is 11.6 Å². The zero-order valence-electron chi connectivity index (χ0n) is 6.94. The van der Waals surface area contributed by atoms with E-state index in [-0.39, 0.29) is 5.88 Å². The van der Waals surface area contributed by atoms with E-state index >= 15 is 0 Å². The van der Waals surface area contributed by atoms with Crippen molar-refractivity contribution in [2.75, 3.05) is 17.9 Å². The molecular weight excluding hydrogens is 248 g/mol. The van der Waals surface area contributed by atoms with Gasteiger partial charge in [-0.1, -0.05) is 34.9 Å².